The average Bonchev–Trinajstić information content (AvgIpc) is 2.79. The normalized spacial score (nSPS) is 15.1. The van der Waals surface area contributed by atoms with Crippen molar-refractivity contribution >= 4 is 29.0 Å². The minimum Gasteiger partial charge on any atom is -0.493 e. The highest BCUT2D eigenvalue weighted by atomic mass is 35.5. The molecule has 0 bridgehead atoms. The number of methoxy groups -OCH3 is 2. The van der Waals surface area contributed by atoms with Gasteiger partial charge in [0.25, 0.3) is 11.5 Å². The third-order valence-corrected chi connectivity index (χ3v) is 5.88. The van der Waals surface area contributed by atoms with E-state index in [4.69, 9.17) is 21.1 Å². The van der Waals surface area contributed by atoms with Gasteiger partial charge in [-0.05, 0) is 48.2 Å². The molecule has 1 aliphatic carbocycles. The van der Waals surface area contributed by atoms with Gasteiger partial charge in [-0.15, -0.1) is 0 Å². The van der Waals surface area contributed by atoms with Crippen LogP contribution < -0.4 is 20.3 Å². The molecular weight excluding hydrogens is 432 g/mol. The maximum atomic E-state index is 12.9. The van der Waals surface area contributed by atoms with Gasteiger partial charge in [0.05, 0.1) is 24.9 Å². The number of halogens is 1. The number of Topliss-reactive ketones (excluding diaryl/α,β-unsaturated/α-hetero) is 1. The predicted octanol–water partition coefficient (Wildman–Crippen LogP) is 4.21. The number of fused-ring (bicyclic) bond motifs is 1. The fraction of sp³-hybridized carbons (Fsp3) is 0.208. The summed E-state index contributed by atoms with van der Waals surface area (Å²) in [7, 11) is 3.11. The molecule has 4 rings (SSSR count). The van der Waals surface area contributed by atoms with Crippen molar-refractivity contribution in [2.75, 3.05) is 19.5 Å². The Kier molecular flexibility index (Phi) is 6.01. The number of carbonyl (C=O) groups is 2. The molecule has 0 fully saturated rings. The summed E-state index contributed by atoms with van der Waals surface area (Å²) in [5.74, 6) is 0.268. The summed E-state index contributed by atoms with van der Waals surface area (Å²) in [5.41, 5.74) is 1.46. The second-order valence-corrected chi connectivity index (χ2v) is 7.89. The molecule has 0 radical (unpaired) electrons. The quantitative estimate of drug-likeness (QED) is 0.604. The Balaban J connectivity index is 1.62. The molecule has 2 N–H and O–H groups in total. The second kappa shape index (κ2) is 8.88. The molecule has 2 aromatic carbocycles. The van der Waals surface area contributed by atoms with Crippen molar-refractivity contribution in [2.45, 2.75) is 18.8 Å². The zero-order valence-corrected chi connectivity index (χ0v) is 18.3. The van der Waals surface area contributed by atoms with Gasteiger partial charge in [-0.1, -0.05) is 29.8 Å². The molecule has 1 aromatic heterocycles. The topological polar surface area (TPSA) is 97.5 Å². The van der Waals surface area contributed by atoms with Crippen LogP contribution in [0.4, 0.5) is 5.69 Å². The highest BCUT2D eigenvalue weighted by Crippen LogP contribution is 2.36. The third-order valence-electron chi connectivity index (χ3n) is 5.55. The number of hydrogen-bond acceptors (Lipinski definition) is 5. The van der Waals surface area contributed by atoms with E-state index in [0.29, 0.717) is 39.9 Å². The molecule has 1 amide bonds. The summed E-state index contributed by atoms with van der Waals surface area (Å²) in [6.45, 7) is 0. The van der Waals surface area contributed by atoms with E-state index in [1.807, 2.05) is 12.1 Å². The van der Waals surface area contributed by atoms with Gasteiger partial charge in [-0.3, -0.25) is 14.4 Å². The lowest BCUT2D eigenvalue weighted by Crippen LogP contribution is -2.29. The van der Waals surface area contributed by atoms with Crippen molar-refractivity contribution in [1.29, 1.82) is 0 Å². The fourth-order valence-electron chi connectivity index (χ4n) is 3.89. The summed E-state index contributed by atoms with van der Waals surface area (Å²) >= 11 is 6.08. The number of H-pyrrole nitrogens is 1. The van der Waals surface area contributed by atoms with Crippen LogP contribution in [0.25, 0.3) is 0 Å². The van der Waals surface area contributed by atoms with Crippen molar-refractivity contribution in [1.82, 2.24) is 4.98 Å². The molecule has 3 aromatic rings. The van der Waals surface area contributed by atoms with Crippen LogP contribution in [-0.2, 0) is 6.42 Å². The molecule has 32 heavy (non-hydrogen) atoms. The summed E-state index contributed by atoms with van der Waals surface area (Å²) in [5, 5.41) is 2.97. The van der Waals surface area contributed by atoms with E-state index in [1.54, 1.807) is 44.6 Å². The van der Waals surface area contributed by atoms with E-state index in [9.17, 15) is 14.4 Å². The number of anilines is 1. The molecule has 7 nitrogen and oxygen atoms in total. The van der Waals surface area contributed by atoms with E-state index in [2.05, 4.69) is 10.3 Å². The van der Waals surface area contributed by atoms with Crippen molar-refractivity contribution < 1.29 is 19.1 Å². The number of aromatic amines is 1. The first-order chi connectivity index (χ1) is 15.4. The molecular formula is C24H21ClN2O5. The lowest BCUT2D eigenvalue weighted by Gasteiger charge is -2.24. The van der Waals surface area contributed by atoms with Gasteiger partial charge in [0, 0.05) is 17.7 Å². The number of hydrogen-bond donors (Lipinski definition) is 2. The van der Waals surface area contributed by atoms with Crippen LogP contribution in [0.2, 0.25) is 5.02 Å². The van der Waals surface area contributed by atoms with Crippen molar-refractivity contribution in [3.05, 3.63) is 86.3 Å². The van der Waals surface area contributed by atoms with Gasteiger partial charge in [-0.2, -0.15) is 0 Å². The lowest BCUT2D eigenvalue weighted by molar-refractivity contribution is 0.0963. The number of ether oxygens (including phenoxy) is 2. The van der Waals surface area contributed by atoms with Crippen molar-refractivity contribution in [3.8, 4) is 11.5 Å². The zero-order valence-electron chi connectivity index (χ0n) is 17.5. The van der Waals surface area contributed by atoms with Crippen LogP contribution in [0.1, 0.15) is 44.3 Å². The third kappa shape index (κ3) is 4.11. The Labute approximate surface area is 189 Å². The number of pyridine rings is 1. The van der Waals surface area contributed by atoms with Crippen LogP contribution in [0.15, 0.2) is 53.3 Å². The first kappa shape index (κ1) is 21.6. The van der Waals surface area contributed by atoms with Crippen LogP contribution in [0.3, 0.4) is 0 Å². The molecule has 0 saturated carbocycles. The number of benzene rings is 2. The Bertz CT molecular complexity index is 1270. The molecule has 164 valence electrons. The summed E-state index contributed by atoms with van der Waals surface area (Å²) in [6.07, 6.45) is 0.707. The van der Waals surface area contributed by atoms with E-state index in [-0.39, 0.29) is 23.7 Å². The molecule has 0 spiro atoms. The van der Waals surface area contributed by atoms with Gasteiger partial charge < -0.3 is 19.8 Å². The Morgan fingerprint density at radius 1 is 1.03 bits per heavy atom. The predicted molar refractivity (Wildman–Crippen MR) is 121 cm³/mol. The van der Waals surface area contributed by atoms with E-state index >= 15 is 0 Å². The molecule has 1 heterocycles. The van der Waals surface area contributed by atoms with Gasteiger partial charge in [-0.25, -0.2) is 0 Å². The van der Waals surface area contributed by atoms with Gasteiger partial charge in [0.1, 0.15) is 5.56 Å². The van der Waals surface area contributed by atoms with Crippen LogP contribution in [0, 0.1) is 0 Å². The van der Waals surface area contributed by atoms with Crippen LogP contribution in [0.5, 0.6) is 11.5 Å². The highest BCUT2D eigenvalue weighted by molar-refractivity contribution is 6.33. The van der Waals surface area contributed by atoms with Gasteiger partial charge in [0.2, 0.25) is 0 Å². The number of nitrogens with one attached hydrogen (secondary N) is 2. The maximum Gasteiger partial charge on any atom is 0.261 e. The molecule has 0 unspecified atom stereocenters. The number of carbonyl (C=O) groups excluding carboxylic acids is 2. The highest BCUT2D eigenvalue weighted by Gasteiger charge is 2.29. The Morgan fingerprint density at radius 3 is 2.50 bits per heavy atom. The van der Waals surface area contributed by atoms with Gasteiger partial charge >= 0.3 is 0 Å². The number of amides is 1. The largest absolute Gasteiger partial charge is 0.493 e. The number of rotatable bonds is 5. The summed E-state index contributed by atoms with van der Waals surface area (Å²) in [4.78, 5) is 41.0. The fourth-order valence-corrected chi connectivity index (χ4v) is 4.08. The molecule has 8 heteroatoms. The number of para-hydroxylation sites is 1. The SMILES string of the molecule is COc1ccc([C@@H]2CC(=O)c3cc(C(=O)Nc4ccccc4Cl)c(=O)[nH]c3C2)cc1OC. The van der Waals surface area contributed by atoms with Gasteiger partial charge in [0.15, 0.2) is 17.3 Å². The van der Waals surface area contributed by atoms with E-state index in [0.717, 1.165) is 5.56 Å². The minimum absolute atomic E-state index is 0.131. The minimum atomic E-state index is -0.628. The zero-order chi connectivity index (χ0) is 22.8. The van der Waals surface area contributed by atoms with Crippen molar-refractivity contribution in [3.63, 3.8) is 0 Å². The lowest BCUT2D eigenvalue weighted by atomic mass is 9.81. The molecule has 0 aliphatic heterocycles. The Hall–Kier alpha value is -3.58. The molecule has 0 saturated heterocycles. The van der Waals surface area contributed by atoms with Crippen LogP contribution in [-0.4, -0.2) is 30.9 Å². The maximum absolute atomic E-state index is 12.9. The monoisotopic (exact) mass is 452 g/mol. The van der Waals surface area contributed by atoms with Crippen LogP contribution >= 0.6 is 11.6 Å². The summed E-state index contributed by atoms with van der Waals surface area (Å²) in [6, 6.07) is 13.6. The molecule has 1 aliphatic rings. The second-order valence-electron chi connectivity index (χ2n) is 7.48. The standard InChI is InChI=1S/C24H21ClN2O5/c1-31-21-8-7-13(11-22(21)32-2)14-9-19-15(20(28)10-14)12-16(24(30)27-19)23(29)26-18-6-4-3-5-17(18)25/h3-8,11-12,14H,9-10H2,1-2H3,(H,26,29)(H,27,30)/t14-/m0/s1. The smallest absolute Gasteiger partial charge is 0.261 e. The average molecular weight is 453 g/mol. The molecule has 1 atom stereocenters. The van der Waals surface area contributed by atoms with Crippen molar-refractivity contribution in [2.24, 2.45) is 0 Å². The van der Waals surface area contributed by atoms with E-state index in [1.165, 1.54) is 6.07 Å². The Morgan fingerprint density at radius 2 is 1.78 bits per heavy atom. The first-order valence-electron chi connectivity index (χ1n) is 9.98. The number of aromatic nitrogens is 1. The summed E-state index contributed by atoms with van der Waals surface area (Å²) < 4.78 is 10.6. The number of ketones is 1. The first-order valence-corrected chi connectivity index (χ1v) is 10.4. The van der Waals surface area contributed by atoms with E-state index < -0.39 is 11.5 Å².